The fraction of sp³-hybridized carbons (Fsp3) is 0.667. The second kappa shape index (κ2) is 8.17. The van der Waals surface area contributed by atoms with Gasteiger partial charge >= 0.3 is 0 Å². The number of piperidine rings is 1. The van der Waals surface area contributed by atoms with Crippen molar-refractivity contribution in [2.45, 2.75) is 30.9 Å². The normalized spacial score (nSPS) is 25.7. The zero-order chi connectivity index (χ0) is 18.7. The van der Waals surface area contributed by atoms with Gasteiger partial charge in [-0.1, -0.05) is 18.2 Å². The quantitative estimate of drug-likeness (QED) is 0.802. The molecular formula is C21H31N3O3. The molecule has 1 aromatic carbocycles. The first kappa shape index (κ1) is 18.7. The summed E-state index contributed by atoms with van der Waals surface area (Å²) in [5, 5.41) is 0. The van der Waals surface area contributed by atoms with Crippen molar-refractivity contribution in [3.8, 4) is 0 Å². The van der Waals surface area contributed by atoms with E-state index in [9.17, 15) is 4.79 Å². The number of likely N-dealkylation sites (tertiary alicyclic amines) is 1. The van der Waals surface area contributed by atoms with Gasteiger partial charge in [0.05, 0.1) is 38.0 Å². The number of nitrogens with zero attached hydrogens (tertiary/aromatic N) is 3. The van der Waals surface area contributed by atoms with Crippen LogP contribution in [0.1, 0.15) is 19.3 Å². The van der Waals surface area contributed by atoms with Gasteiger partial charge in [-0.05, 0) is 31.4 Å². The van der Waals surface area contributed by atoms with E-state index in [1.807, 2.05) is 11.0 Å². The first-order valence-corrected chi connectivity index (χ1v) is 10.1. The van der Waals surface area contributed by atoms with Crippen LogP contribution in [0, 0.1) is 0 Å². The highest BCUT2D eigenvalue weighted by molar-refractivity contribution is 5.78. The zero-order valence-corrected chi connectivity index (χ0v) is 16.3. The minimum atomic E-state index is -0.0521. The molecule has 27 heavy (non-hydrogen) atoms. The molecule has 3 aliphatic rings. The molecule has 1 amide bonds. The molecule has 0 N–H and O–H groups in total. The monoisotopic (exact) mass is 373 g/mol. The summed E-state index contributed by atoms with van der Waals surface area (Å²) in [6.07, 6.45) is 2.94. The van der Waals surface area contributed by atoms with Crippen molar-refractivity contribution in [2.75, 3.05) is 64.5 Å². The number of hydrogen-bond donors (Lipinski definition) is 0. The number of hydrogen-bond acceptors (Lipinski definition) is 5. The van der Waals surface area contributed by atoms with Crippen LogP contribution in [-0.2, 0) is 14.3 Å². The van der Waals surface area contributed by atoms with Gasteiger partial charge in [-0.2, -0.15) is 0 Å². The SMILES string of the molecule is CN(c1ccccc1)C1COC2(CCN(C(=O)CN3CCOCC3)CC2)C1. The van der Waals surface area contributed by atoms with Crippen LogP contribution in [0.5, 0.6) is 0 Å². The maximum absolute atomic E-state index is 12.6. The lowest BCUT2D eigenvalue weighted by Gasteiger charge is -2.40. The van der Waals surface area contributed by atoms with Crippen molar-refractivity contribution in [3.05, 3.63) is 30.3 Å². The Hall–Kier alpha value is -1.63. The van der Waals surface area contributed by atoms with Crippen LogP contribution in [-0.4, -0.2) is 86.9 Å². The molecule has 4 rings (SSSR count). The number of amides is 1. The minimum absolute atomic E-state index is 0.0521. The van der Waals surface area contributed by atoms with Gasteiger partial charge in [0, 0.05) is 38.9 Å². The number of ether oxygens (including phenoxy) is 2. The highest BCUT2D eigenvalue weighted by Crippen LogP contribution is 2.38. The largest absolute Gasteiger partial charge is 0.379 e. The Morgan fingerprint density at radius 1 is 1.15 bits per heavy atom. The van der Waals surface area contributed by atoms with E-state index in [2.05, 4.69) is 41.1 Å². The van der Waals surface area contributed by atoms with Gasteiger partial charge < -0.3 is 19.3 Å². The second-order valence-electron chi connectivity index (χ2n) is 8.07. The number of likely N-dealkylation sites (N-methyl/N-ethyl adjacent to an activating group) is 1. The van der Waals surface area contributed by atoms with E-state index in [1.54, 1.807) is 0 Å². The molecule has 6 heteroatoms. The van der Waals surface area contributed by atoms with E-state index >= 15 is 0 Å². The second-order valence-corrected chi connectivity index (χ2v) is 8.07. The summed E-state index contributed by atoms with van der Waals surface area (Å²) in [6.45, 7) is 6.11. The van der Waals surface area contributed by atoms with Crippen LogP contribution in [0.2, 0.25) is 0 Å². The highest BCUT2D eigenvalue weighted by Gasteiger charge is 2.44. The highest BCUT2D eigenvalue weighted by atomic mass is 16.5. The Morgan fingerprint density at radius 3 is 2.56 bits per heavy atom. The fourth-order valence-electron chi connectivity index (χ4n) is 4.51. The Balaban J connectivity index is 1.28. The molecule has 3 aliphatic heterocycles. The molecule has 3 fully saturated rings. The van der Waals surface area contributed by atoms with Gasteiger partial charge in [0.25, 0.3) is 0 Å². The van der Waals surface area contributed by atoms with Crippen molar-refractivity contribution in [3.63, 3.8) is 0 Å². The third kappa shape index (κ3) is 4.28. The van der Waals surface area contributed by atoms with Crippen molar-refractivity contribution in [1.29, 1.82) is 0 Å². The summed E-state index contributed by atoms with van der Waals surface area (Å²) < 4.78 is 11.7. The lowest BCUT2D eigenvalue weighted by molar-refractivity contribution is -0.138. The van der Waals surface area contributed by atoms with E-state index < -0.39 is 0 Å². The predicted octanol–water partition coefficient (Wildman–Crippen LogP) is 1.61. The molecule has 3 heterocycles. The third-order valence-electron chi connectivity index (χ3n) is 6.39. The minimum Gasteiger partial charge on any atom is -0.379 e. The molecule has 0 aromatic heterocycles. The third-order valence-corrected chi connectivity index (χ3v) is 6.39. The lowest BCUT2D eigenvalue weighted by atomic mass is 9.87. The van der Waals surface area contributed by atoms with Crippen molar-refractivity contribution >= 4 is 11.6 Å². The summed E-state index contributed by atoms with van der Waals surface area (Å²) in [5.74, 6) is 0.253. The molecule has 148 valence electrons. The average Bonchev–Trinajstić information content (AvgIpc) is 3.13. The van der Waals surface area contributed by atoms with Crippen molar-refractivity contribution in [1.82, 2.24) is 9.80 Å². The number of anilines is 1. The average molecular weight is 373 g/mol. The Morgan fingerprint density at radius 2 is 1.85 bits per heavy atom. The summed E-state index contributed by atoms with van der Waals surface area (Å²) >= 11 is 0. The molecule has 1 spiro atoms. The molecule has 3 saturated heterocycles. The maximum Gasteiger partial charge on any atom is 0.236 e. The molecule has 0 bridgehead atoms. The number of benzene rings is 1. The number of morpholine rings is 1. The van der Waals surface area contributed by atoms with Crippen LogP contribution >= 0.6 is 0 Å². The summed E-state index contributed by atoms with van der Waals surface area (Å²) in [4.78, 5) is 19.2. The van der Waals surface area contributed by atoms with E-state index in [4.69, 9.17) is 9.47 Å². The fourth-order valence-corrected chi connectivity index (χ4v) is 4.51. The van der Waals surface area contributed by atoms with E-state index in [0.29, 0.717) is 12.6 Å². The smallest absolute Gasteiger partial charge is 0.236 e. The van der Waals surface area contributed by atoms with Gasteiger partial charge in [-0.3, -0.25) is 9.69 Å². The molecule has 1 atom stereocenters. The molecule has 0 saturated carbocycles. The zero-order valence-electron chi connectivity index (χ0n) is 16.3. The van der Waals surface area contributed by atoms with Crippen LogP contribution < -0.4 is 4.90 Å². The molecule has 0 radical (unpaired) electrons. The van der Waals surface area contributed by atoms with Gasteiger partial charge in [0.2, 0.25) is 5.91 Å². The molecule has 0 aliphatic carbocycles. The maximum atomic E-state index is 12.6. The van der Waals surface area contributed by atoms with Crippen molar-refractivity contribution < 1.29 is 14.3 Å². The van der Waals surface area contributed by atoms with Gasteiger partial charge in [-0.15, -0.1) is 0 Å². The molecule has 1 unspecified atom stereocenters. The van der Waals surface area contributed by atoms with Crippen molar-refractivity contribution in [2.24, 2.45) is 0 Å². The topological polar surface area (TPSA) is 45.2 Å². The summed E-state index contributed by atoms with van der Waals surface area (Å²) in [6, 6.07) is 10.9. The lowest BCUT2D eigenvalue weighted by Crippen LogP contribution is -2.50. The molecular weight excluding hydrogens is 342 g/mol. The Labute approximate surface area is 162 Å². The van der Waals surface area contributed by atoms with Crippen LogP contribution in [0.4, 0.5) is 5.69 Å². The van der Waals surface area contributed by atoms with Crippen LogP contribution in [0.25, 0.3) is 0 Å². The standard InChI is InChI=1S/C21H31N3O3/c1-22(18-5-3-2-4-6-18)19-15-21(27-17-19)7-9-24(10-8-21)20(25)16-23-11-13-26-14-12-23/h2-6,19H,7-17H2,1H3. The Kier molecular flexibility index (Phi) is 5.66. The number of rotatable bonds is 4. The number of carbonyl (C=O) groups is 1. The summed E-state index contributed by atoms with van der Waals surface area (Å²) in [7, 11) is 2.16. The molecule has 1 aromatic rings. The predicted molar refractivity (Wildman–Crippen MR) is 105 cm³/mol. The van der Waals surface area contributed by atoms with Gasteiger partial charge in [-0.25, -0.2) is 0 Å². The van der Waals surface area contributed by atoms with Crippen LogP contribution in [0.15, 0.2) is 30.3 Å². The Bertz CT molecular complexity index is 625. The summed E-state index contributed by atoms with van der Waals surface area (Å²) in [5.41, 5.74) is 1.19. The van der Waals surface area contributed by atoms with Gasteiger partial charge in [0.15, 0.2) is 0 Å². The number of carbonyl (C=O) groups excluding carboxylic acids is 1. The molecule has 6 nitrogen and oxygen atoms in total. The first-order chi connectivity index (χ1) is 13.2. The van der Waals surface area contributed by atoms with Crippen LogP contribution in [0.3, 0.4) is 0 Å². The van der Waals surface area contributed by atoms with E-state index in [1.165, 1.54) is 5.69 Å². The van der Waals surface area contributed by atoms with E-state index in [0.717, 1.165) is 65.3 Å². The number of para-hydroxylation sites is 1. The van der Waals surface area contributed by atoms with E-state index in [-0.39, 0.29) is 11.5 Å². The van der Waals surface area contributed by atoms with Gasteiger partial charge in [0.1, 0.15) is 0 Å². The first-order valence-electron chi connectivity index (χ1n) is 10.1.